The van der Waals surface area contributed by atoms with Gasteiger partial charge >= 0.3 is 0 Å². The quantitative estimate of drug-likeness (QED) is 0.754. The molecule has 1 amide bonds. The molecule has 0 aliphatic carbocycles. The first-order chi connectivity index (χ1) is 11.7. The topological polar surface area (TPSA) is 77.2 Å². The number of nitrogens with zero attached hydrogens (tertiary/aromatic N) is 1. The summed E-state index contributed by atoms with van der Waals surface area (Å²) in [4.78, 5) is 16.1. The first-order valence-corrected chi connectivity index (χ1v) is 7.50. The highest BCUT2D eigenvalue weighted by molar-refractivity contribution is 6.04. The summed E-state index contributed by atoms with van der Waals surface area (Å²) in [5.74, 6) is 0.911. The molecular formula is C19H17N3O2. The molecule has 0 fully saturated rings. The van der Waals surface area contributed by atoms with Crippen LogP contribution in [0.15, 0.2) is 72.9 Å². The van der Waals surface area contributed by atoms with Gasteiger partial charge in [-0.05, 0) is 42.0 Å². The molecule has 24 heavy (non-hydrogen) atoms. The summed E-state index contributed by atoms with van der Waals surface area (Å²) in [6.07, 6.45) is 1.52. The number of aromatic nitrogens is 1. The predicted molar refractivity (Wildman–Crippen MR) is 93.8 cm³/mol. The second kappa shape index (κ2) is 7.28. The van der Waals surface area contributed by atoms with Gasteiger partial charge in [-0.1, -0.05) is 30.3 Å². The Morgan fingerprint density at radius 1 is 1.00 bits per heavy atom. The van der Waals surface area contributed by atoms with Crippen molar-refractivity contribution < 1.29 is 9.53 Å². The molecule has 0 spiro atoms. The van der Waals surface area contributed by atoms with Crippen LogP contribution < -0.4 is 15.8 Å². The molecular weight excluding hydrogens is 302 g/mol. The SMILES string of the molecule is Nc1ccc(NC(=O)c2ccc(OCc3ccccc3)cc2)cn1. The van der Waals surface area contributed by atoms with Crippen molar-refractivity contribution in [3.8, 4) is 5.75 Å². The summed E-state index contributed by atoms with van der Waals surface area (Å²) in [6, 6.07) is 20.3. The van der Waals surface area contributed by atoms with Crippen LogP contribution in [0.3, 0.4) is 0 Å². The van der Waals surface area contributed by atoms with Crippen LogP contribution in [0.25, 0.3) is 0 Å². The molecule has 3 aromatic rings. The molecule has 0 radical (unpaired) electrons. The Bertz CT molecular complexity index is 800. The maximum absolute atomic E-state index is 12.2. The number of rotatable bonds is 5. The number of carbonyl (C=O) groups is 1. The molecule has 0 aliphatic heterocycles. The molecule has 0 saturated heterocycles. The van der Waals surface area contributed by atoms with Gasteiger partial charge < -0.3 is 15.8 Å². The minimum atomic E-state index is -0.212. The largest absolute Gasteiger partial charge is 0.489 e. The smallest absolute Gasteiger partial charge is 0.255 e. The predicted octanol–water partition coefficient (Wildman–Crippen LogP) is 3.50. The van der Waals surface area contributed by atoms with E-state index in [0.717, 1.165) is 5.56 Å². The van der Waals surface area contributed by atoms with Crippen molar-refractivity contribution in [2.45, 2.75) is 6.61 Å². The highest BCUT2D eigenvalue weighted by Crippen LogP contribution is 2.16. The lowest BCUT2D eigenvalue weighted by Crippen LogP contribution is -2.12. The number of nitrogens with one attached hydrogen (secondary N) is 1. The number of carbonyl (C=O) groups excluding carboxylic acids is 1. The van der Waals surface area contributed by atoms with Crippen LogP contribution in [0.1, 0.15) is 15.9 Å². The van der Waals surface area contributed by atoms with Crippen LogP contribution in [-0.4, -0.2) is 10.9 Å². The van der Waals surface area contributed by atoms with Crippen molar-refractivity contribution in [1.29, 1.82) is 0 Å². The van der Waals surface area contributed by atoms with Gasteiger partial charge in [0.2, 0.25) is 0 Å². The van der Waals surface area contributed by atoms with E-state index in [-0.39, 0.29) is 5.91 Å². The van der Waals surface area contributed by atoms with Crippen LogP contribution >= 0.6 is 0 Å². The lowest BCUT2D eigenvalue weighted by atomic mass is 10.2. The molecule has 0 aliphatic rings. The molecule has 5 nitrogen and oxygen atoms in total. The zero-order valence-corrected chi connectivity index (χ0v) is 13.0. The summed E-state index contributed by atoms with van der Waals surface area (Å²) < 4.78 is 5.70. The van der Waals surface area contributed by atoms with E-state index in [1.807, 2.05) is 30.3 Å². The van der Waals surface area contributed by atoms with E-state index in [1.165, 1.54) is 6.20 Å². The highest BCUT2D eigenvalue weighted by Gasteiger charge is 2.06. The fourth-order valence-electron chi connectivity index (χ4n) is 2.13. The van der Waals surface area contributed by atoms with Gasteiger partial charge in [0.1, 0.15) is 18.2 Å². The summed E-state index contributed by atoms with van der Waals surface area (Å²) in [5, 5.41) is 2.76. The average molecular weight is 319 g/mol. The Hall–Kier alpha value is -3.34. The van der Waals surface area contributed by atoms with E-state index >= 15 is 0 Å². The minimum absolute atomic E-state index is 0.212. The molecule has 3 N–H and O–H groups in total. The van der Waals surface area contributed by atoms with Crippen LogP contribution in [0.2, 0.25) is 0 Å². The number of amides is 1. The number of anilines is 2. The van der Waals surface area contributed by atoms with Crippen LogP contribution in [0.5, 0.6) is 5.75 Å². The summed E-state index contributed by atoms with van der Waals surface area (Å²) in [6.45, 7) is 0.490. The van der Waals surface area contributed by atoms with E-state index in [0.29, 0.717) is 29.4 Å². The zero-order valence-electron chi connectivity index (χ0n) is 13.0. The van der Waals surface area contributed by atoms with Crippen molar-refractivity contribution in [1.82, 2.24) is 4.98 Å². The molecule has 1 heterocycles. The van der Waals surface area contributed by atoms with Gasteiger partial charge in [0.25, 0.3) is 5.91 Å². The van der Waals surface area contributed by atoms with Crippen molar-refractivity contribution in [2.24, 2.45) is 0 Å². The maximum Gasteiger partial charge on any atom is 0.255 e. The maximum atomic E-state index is 12.2. The van der Waals surface area contributed by atoms with E-state index in [1.54, 1.807) is 36.4 Å². The fourth-order valence-corrected chi connectivity index (χ4v) is 2.13. The van der Waals surface area contributed by atoms with Crippen molar-refractivity contribution in [3.63, 3.8) is 0 Å². The fraction of sp³-hybridized carbons (Fsp3) is 0.0526. The molecule has 2 aromatic carbocycles. The van der Waals surface area contributed by atoms with Crippen LogP contribution in [0.4, 0.5) is 11.5 Å². The number of nitrogen functional groups attached to an aromatic ring is 1. The average Bonchev–Trinajstić information content (AvgIpc) is 2.63. The number of hydrogen-bond donors (Lipinski definition) is 2. The number of nitrogens with two attached hydrogens (primary N) is 1. The minimum Gasteiger partial charge on any atom is -0.489 e. The third-order valence-corrected chi connectivity index (χ3v) is 3.41. The Labute approximate surface area is 140 Å². The summed E-state index contributed by atoms with van der Waals surface area (Å²) in [5.41, 5.74) is 7.75. The molecule has 120 valence electrons. The first kappa shape index (κ1) is 15.6. The molecule has 0 bridgehead atoms. The van der Waals surface area contributed by atoms with Gasteiger partial charge in [0.15, 0.2) is 0 Å². The lowest BCUT2D eigenvalue weighted by molar-refractivity contribution is 0.102. The van der Waals surface area contributed by atoms with Gasteiger partial charge in [-0.25, -0.2) is 4.98 Å². The lowest BCUT2D eigenvalue weighted by Gasteiger charge is -2.08. The Kier molecular flexibility index (Phi) is 4.72. The molecule has 0 atom stereocenters. The second-order valence-electron chi connectivity index (χ2n) is 5.22. The van der Waals surface area contributed by atoms with Gasteiger partial charge in [0.05, 0.1) is 11.9 Å². The van der Waals surface area contributed by atoms with Crippen LogP contribution in [0, 0.1) is 0 Å². The molecule has 0 saturated carbocycles. The first-order valence-electron chi connectivity index (χ1n) is 7.50. The molecule has 3 rings (SSSR count). The van der Waals surface area contributed by atoms with Gasteiger partial charge in [-0.15, -0.1) is 0 Å². The van der Waals surface area contributed by atoms with E-state index in [4.69, 9.17) is 10.5 Å². The van der Waals surface area contributed by atoms with E-state index in [9.17, 15) is 4.79 Å². The standard InChI is InChI=1S/C19H17N3O2/c20-18-11-8-16(12-21-18)22-19(23)15-6-9-17(10-7-15)24-13-14-4-2-1-3-5-14/h1-12H,13H2,(H2,20,21)(H,22,23). The summed E-state index contributed by atoms with van der Waals surface area (Å²) >= 11 is 0. The van der Waals surface area contributed by atoms with E-state index in [2.05, 4.69) is 10.3 Å². The van der Waals surface area contributed by atoms with Gasteiger partial charge in [-0.3, -0.25) is 4.79 Å². The number of pyridine rings is 1. The number of hydrogen-bond acceptors (Lipinski definition) is 4. The van der Waals surface area contributed by atoms with E-state index < -0.39 is 0 Å². The highest BCUT2D eigenvalue weighted by atomic mass is 16.5. The zero-order chi connectivity index (χ0) is 16.8. The Balaban J connectivity index is 1.59. The van der Waals surface area contributed by atoms with Gasteiger partial charge in [0, 0.05) is 5.56 Å². The normalized spacial score (nSPS) is 10.2. The van der Waals surface area contributed by atoms with Crippen molar-refractivity contribution in [3.05, 3.63) is 84.1 Å². The molecule has 0 unspecified atom stereocenters. The Morgan fingerprint density at radius 2 is 1.75 bits per heavy atom. The summed E-state index contributed by atoms with van der Waals surface area (Å²) in [7, 11) is 0. The number of benzene rings is 2. The molecule has 5 heteroatoms. The second-order valence-corrected chi connectivity index (χ2v) is 5.22. The van der Waals surface area contributed by atoms with Crippen molar-refractivity contribution >= 4 is 17.4 Å². The number of ether oxygens (including phenoxy) is 1. The third-order valence-electron chi connectivity index (χ3n) is 3.41. The van der Waals surface area contributed by atoms with Crippen LogP contribution in [-0.2, 0) is 6.61 Å². The third kappa shape index (κ3) is 4.10. The van der Waals surface area contributed by atoms with Crippen molar-refractivity contribution in [2.75, 3.05) is 11.1 Å². The Morgan fingerprint density at radius 3 is 2.42 bits per heavy atom. The molecule has 1 aromatic heterocycles. The van der Waals surface area contributed by atoms with Gasteiger partial charge in [-0.2, -0.15) is 0 Å². The monoisotopic (exact) mass is 319 g/mol.